The fraction of sp³-hybridized carbons (Fsp3) is 1.00. The van der Waals surface area contributed by atoms with E-state index in [0.717, 1.165) is 19.5 Å². The molecule has 1 unspecified atom stereocenters. The second kappa shape index (κ2) is 17.0. The predicted molar refractivity (Wildman–Crippen MR) is 90.2 cm³/mol. The summed E-state index contributed by atoms with van der Waals surface area (Å²) in [7, 11) is 0. The fourth-order valence-electron chi connectivity index (χ4n) is 2.56. The fourth-order valence-corrected chi connectivity index (χ4v) is 2.56. The van der Waals surface area contributed by atoms with Crippen LogP contribution < -0.4 is 5.32 Å². The molecule has 0 aliphatic rings. The maximum absolute atomic E-state index is 9.86. The maximum Gasteiger partial charge on any atom is 0.0664 e. The summed E-state index contributed by atoms with van der Waals surface area (Å²) in [6, 6.07) is 0. The van der Waals surface area contributed by atoms with Gasteiger partial charge in [-0.2, -0.15) is 0 Å². The standard InChI is InChI=1S/C18H39NO/c1-3-5-7-9-11-13-15-18(20)17-19-16-14-12-10-8-6-4-2/h18-20H,3-17H2,1-2H3. The largest absolute Gasteiger partial charge is 0.392 e. The Balaban J connectivity index is 3.10. The van der Waals surface area contributed by atoms with Gasteiger partial charge in [-0.15, -0.1) is 0 Å². The Morgan fingerprint density at radius 3 is 1.80 bits per heavy atom. The van der Waals surface area contributed by atoms with E-state index >= 15 is 0 Å². The van der Waals surface area contributed by atoms with Crippen molar-refractivity contribution in [1.29, 1.82) is 0 Å². The lowest BCUT2D eigenvalue weighted by molar-refractivity contribution is 0.158. The molecule has 0 rings (SSSR count). The van der Waals surface area contributed by atoms with Crippen molar-refractivity contribution < 1.29 is 5.11 Å². The zero-order chi connectivity index (χ0) is 14.9. The zero-order valence-corrected chi connectivity index (χ0v) is 14.1. The lowest BCUT2D eigenvalue weighted by Gasteiger charge is -2.11. The molecule has 1 atom stereocenters. The summed E-state index contributed by atoms with van der Waals surface area (Å²) in [5.41, 5.74) is 0. The topological polar surface area (TPSA) is 32.3 Å². The van der Waals surface area contributed by atoms with Gasteiger partial charge < -0.3 is 10.4 Å². The Kier molecular flexibility index (Phi) is 16.9. The van der Waals surface area contributed by atoms with Crippen LogP contribution in [0.5, 0.6) is 0 Å². The summed E-state index contributed by atoms with van der Waals surface area (Å²) < 4.78 is 0. The third-order valence-corrected chi connectivity index (χ3v) is 3.98. The van der Waals surface area contributed by atoms with Gasteiger partial charge >= 0.3 is 0 Å². The second-order valence-electron chi connectivity index (χ2n) is 6.18. The third kappa shape index (κ3) is 16.0. The van der Waals surface area contributed by atoms with Crippen LogP contribution in [0.15, 0.2) is 0 Å². The molecule has 0 spiro atoms. The molecule has 2 nitrogen and oxygen atoms in total. The molecule has 0 amide bonds. The van der Waals surface area contributed by atoms with E-state index < -0.39 is 0 Å². The number of rotatable bonds is 16. The number of hydrogen-bond donors (Lipinski definition) is 2. The Morgan fingerprint density at radius 2 is 1.20 bits per heavy atom. The summed E-state index contributed by atoms with van der Waals surface area (Å²) in [5, 5.41) is 13.2. The van der Waals surface area contributed by atoms with Gasteiger partial charge in [0.25, 0.3) is 0 Å². The molecular weight excluding hydrogens is 246 g/mol. The van der Waals surface area contributed by atoms with Crippen LogP contribution in [0.4, 0.5) is 0 Å². The molecule has 0 aliphatic carbocycles. The van der Waals surface area contributed by atoms with Gasteiger partial charge in [-0.25, -0.2) is 0 Å². The van der Waals surface area contributed by atoms with Crippen LogP contribution in [0, 0.1) is 0 Å². The molecular formula is C18H39NO. The van der Waals surface area contributed by atoms with Crippen LogP contribution in [-0.2, 0) is 0 Å². The first-order chi connectivity index (χ1) is 9.81. The quantitative estimate of drug-likeness (QED) is 0.389. The molecule has 2 N–H and O–H groups in total. The van der Waals surface area contributed by atoms with Crippen LogP contribution in [0.3, 0.4) is 0 Å². The van der Waals surface area contributed by atoms with Crippen molar-refractivity contribution >= 4 is 0 Å². The van der Waals surface area contributed by atoms with Gasteiger partial charge in [-0.1, -0.05) is 84.5 Å². The van der Waals surface area contributed by atoms with Crippen molar-refractivity contribution in [3.05, 3.63) is 0 Å². The van der Waals surface area contributed by atoms with E-state index in [0.29, 0.717) is 0 Å². The second-order valence-corrected chi connectivity index (χ2v) is 6.18. The summed E-state index contributed by atoms with van der Waals surface area (Å²) in [5.74, 6) is 0. The van der Waals surface area contributed by atoms with Crippen molar-refractivity contribution in [2.75, 3.05) is 13.1 Å². The van der Waals surface area contributed by atoms with E-state index in [1.54, 1.807) is 0 Å². The minimum Gasteiger partial charge on any atom is -0.392 e. The van der Waals surface area contributed by atoms with E-state index in [1.807, 2.05) is 0 Å². The molecule has 0 aliphatic heterocycles. The molecule has 0 bridgehead atoms. The van der Waals surface area contributed by atoms with Crippen LogP contribution in [0.2, 0.25) is 0 Å². The number of hydrogen-bond acceptors (Lipinski definition) is 2. The minimum atomic E-state index is -0.138. The normalized spacial score (nSPS) is 12.8. The lowest BCUT2D eigenvalue weighted by atomic mass is 10.1. The monoisotopic (exact) mass is 285 g/mol. The summed E-state index contributed by atoms with van der Waals surface area (Å²) in [4.78, 5) is 0. The molecule has 0 radical (unpaired) electrons. The molecule has 122 valence electrons. The molecule has 0 aromatic carbocycles. The highest BCUT2D eigenvalue weighted by atomic mass is 16.3. The van der Waals surface area contributed by atoms with Crippen molar-refractivity contribution in [2.24, 2.45) is 0 Å². The predicted octanol–water partition coefficient (Wildman–Crippen LogP) is 5.05. The highest BCUT2D eigenvalue weighted by molar-refractivity contribution is 4.60. The Bertz CT molecular complexity index is 173. The van der Waals surface area contributed by atoms with Crippen molar-refractivity contribution in [1.82, 2.24) is 5.32 Å². The van der Waals surface area contributed by atoms with Crippen LogP contribution in [-0.4, -0.2) is 24.3 Å². The van der Waals surface area contributed by atoms with Gasteiger partial charge in [0.2, 0.25) is 0 Å². The Morgan fingerprint density at radius 1 is 0.700 bits per heavy atom. The first kappa shape index (κ1) is 19.9. The van der Waals surface area contributed by atoms with Gasteiger partial charge in [-0.3, -0.25) is 0 Å². The van der Waals surface area contributed by atoms with Gasteiger partial charge in [0.05, 0.1) is 6.10 Å². The van der Waals surface area contributed by atoms with E-state index in [9.17, 15) is 5.11 Å². The van der Waals surface area contributed by atoms with Gasteiger partial charge in [0.15, 0.2) is 0 Å². The van der Waals surface area contributed by atoms with E-state index in [-0.39, 0.29) is 6.10 Å². The lowest BCUT2D eigenvalue weighted by Crippen LogP contribution is -2.27. The van der Waals surface area contributed by atoms with Gasteiger partial charge in [0.1, 0.15) is 0 Å². The molecule has 0 aromatic heterocycles. The first-order valence-electron chi connectivity index (χ1n) is 9.20. The maximum atomic E-state index is 9.86. The number of unbranched alkanes of at least 4 members (excludes halogenated alkanes) is 10. The van der Waals surface area contributed by atoms with Gasteiger partial charge in [-0.05, 0) is 19.4 Å². The van der Waals surface area contributed by atoms with Crippen LogP contribution in [0.1, 0.15) is 97.3 Å². The molecule has 0 heterocycles. The van der Waals surface area contributed by atoms with Crippen LogP contribution in [0.25, 0.3) is 0 Å². The average Bonchev–Trinajstić information content (AvgIpc) is 2.45. The number of aliphatic hydroxyl groups is 1. The van der Waals surface area contributed by atoms with Crippen molar-refractivity contribution in [3.63, 3.8) is 0 Å². The molecule has 0 saturated heterocycles. The highest BCUT2D eigenvalue weighted by Gasteiger charge is 2.02. The molecule has 0 fully saturated rings. The molecule has 2 heteroatoms. The highest BCUT2D eigenvalue weighted by Crippen LogP contribution is 2.08. The summed E-state index contributed by atoms with van der Waals surface area (Å²) >= 11 is 0. The summed E-state index contributed by atoms with van der Waals surface area (Å²) in [6.45, 7) is 6.36. The smallest absolute Gasteiger partial charge is 0.0664 e. The molecule has 20 heavy (non-hydrogen) atoms. The molecule has 0 aromatic rings. The third-order valence-electron chi connectivity index (χ3n) is 3.98. The molecule has 0 saturated carbocycles. The van der Waals surface area contributed by atoms with E-state index in [1.165, 1.54) is 77.0 Å². The number of nitrogens with one attached hydrogen (secondary N) is 1. The van der Waals surface area contributed by atoms with E-state index in [2.05, 4.69) is 19.2 Å². The SMILES string of the molecule is CCCCCCCCNCC(O)CCCCCCCC. The van der Waals surface area contributed by atoms with E-state index in [4.69, 9.17) is 0 Å². The van der Waals surface area contributed by atoms with Crippen molar-refractivity contribution in [2.45, 2.75) is 103 Å². The number of aliphatic hydroxyl groups excluding tert-OH is 1. The van der Waals surface area contributed by atoms with Crippen LogP contribution >= 0.6 is 0 Å². The Hall–Kier alpha value is -0.0800. The first-order valence-corrected chi connectivity index (χ1v) is 9.20. The van der Waals surface area contributed by atoms with Gasteiger partial charge in [0, 0.05) is 6.54 Å². The Labute approximate surface area is 127 Å². The van der Waals surface area contributed by atoms with Crippen molar-refractivity contribution in [3.8, 4) is 0 Å². The summed E-state index contributed by atoms with van der Waals surface area (Å²) in [6.07, 6.45) is 16.7. The zero-order valence-electron chi connectivity index (χ0n) is 14.1. The average molecular weight is 286 g/mol. The minimum absolute atomic E-state index is 0.138.